The van der Waals surface area contributed by atoms with E-state index in [1.54, 1.807) is 32.9 Å². The van der Waals surface area contributed by atoms with E-state index in [2.05, 4.69) is 10.3 Å². The number of benzene rings is 1. The lowest BCUT2D eigenvalue weighted by atomic mass is 10.0. The monoisotopic (exact) mass is 411 g/mol. The molecule has 9 heteroatoms. The molecule has 1 N–H and O–H groups in total. The number of nitrogens with one attached hydrogen (secondary N) is 1. The van der Waals surface area contributed by atoms with Crippen molar-refractivity contribution >= 4 is 28.4 Å². The van der Waals surface area contributed by atoms with Gasteiger partial charge in [-0.15, -0.1) is 0 Å². The van der Waals surface area contributed by atoms with Crippen LogP contribution in [0, 0.1) is 5.82 Å². The van der Waals surface area contributed by atoms with Crippen LogP contribution in [-0.4, -0.2) is 42.8 Å². The van der Waals surface area contributed by atoms with Crippen molar-refractivity contribution in [2.75, 3.05) is 30.4 Å². The second-order valence-corrected chi connectivity index (χ2v) is 7.98. The van der Waals surface area contributed by atoms with Crippen molar-refractivity contribution in [3.63, 3.8) is 0 Å². The number of aromatic nitrogens is 1. The van der Waals surface area contributed by atoms with E-state index in [1.165, 1.54) is 18.1 Å². The standard InChI is InChI=1S/C20H24F3N3O3/c1-19(2,3)29-18(27)24-13-11-12-5-6-14(28-4)25-16(12)17(15(13)21)26-9-7-20(22,23)8-10-26/h5-6,11H,7-10H2,1-4H3,(H,24,27). The Morgan fingerprint density at radius 2 is 1.90 bits per heavy atom. The minimum absolute atomic E-state index is 0.0339. The van der Waals surface area contributed by atoms with Gasteiger partial charge in [0.2, 0.25) is 5.88 Å². The van der Waals surface area contributed by atoms with Crippen molar-refractivity contribution < 1.29 is 27.4 Å². The third kappa shape index (κ3) is 4.83. The van der Waals surface area contributed by atoms with Crippen molar-refractivity contribution in [2.45, 2.75) is 45.1 Å². The van der Waals surface area contributed by atoms with Crippen LogP contribution < -0.4 is 15.0 Å². The number of halogens is 3. The lowest BCUT2D eigenvalue weighted by molar-refractivity contribution is -0.0221. The maximum absolute atomic E-state index is 15.4. The predicted octanol–water partition coefficient (Wildman–Crippen LogP) is 4.97. The summed E-state index contributed by atoms with van der Waals surface area (Å²) in [7, 11) is 1.43. The molecule has 3 rings (SSSR count). The molecular weight excluding hydrogens is 387 g/mol. The summed E-state index contributed by atoms with van der Waals surface area (Å²) in [5.41, 5.74) is -0.524. The number of anilines is 2. The first-order chi connectivity index (χ1) is 13.5. The van der Waals surface area contributed by atoms with Gasteiger partial charge in [-0.1, -0.05) is 0 Å². The van der Waals surface area contributed by atoms with Crippen LogP contribution >= 0.6 is 0 Å². The van der Waals surface area contributed by atoms with Gasteiger partial charge in [-0.25, -0.2) is 22.9 Å². The fourth-order valence-corrected chi connectivity index (χ4v) is 3.17. The van der Waals surface area contributed by atoms with Gasteiger partial charge in [-0.2, -0.15) is 0 Å². The molecule has 2 heterocycles. The largest absolute Gasteiger partial charge is 0.481 e. The number of carbonyl (C=O) groups excluding carboxylic acids is 1. The quantitative estimate of drug-likeness (QED) is 0.773. The Labute approximate surface area is 167 Å². The summed E-state index contributed by atoms with van der Waals surface area (Å²) in [6.07, 6.45) is -1.59. The van der Waals surface area contributed by atoms with Crippen molar-refractivity contribution in [3.05, 3.63) is 24.0 Å². The summed E-state index contributed by atoms with van der Waals surface area (Å²) >= 11 is 0. The highest BCUT2D eigenvalue weighted by Crippen LogP contribution is 2.38. The van der Waals surface area contributed by atoms with Crippen molar-refractivity contribution in [2.24, 2.45) is 0 Å². The first-order valence-electron chi connectivity index (χ1n) is 9.29. The number of piperidine rings is 1. The zero-order valence-electron chi connectivity index (χ0n) is 16.8. The van der Waals surface area contributed by atoms with E-state index in [0.29, 0.717) is 5.39 Å². The third-order valence-corrected chi connectivity index (χ3v) is 4.53. The highest BCUT2D eigenvalue weighted by Gasteiger charge is 2.36. The molecule has 1 saturated heterocycles. The molecule has 1 fully saturated rings. The second-order valence-electron chi connectivity index (χ2n) is 7.98. The maximum atomic E-state index is 15.4. The lowest BCUT2D eigenvalue weighted by Crippen LogP contribution is -2.40. The zero-order valence-corrected chi connectivity index (χ0v) is 16.8. The van der Waals surface area contributed by atoms with E-state index in [4.69, 9.17) is 9.47 Å². The molecule has 29 heavy (non-hydrogen) atoms. The minimum atomic E-state index is -2.78. The summed E-state index contributed by atoms with van der Waals surface area (Å²) in [5.74, 6) is -3.26. The van der Waals surface area contributed by atoms with Crippen LogP contribution in [-0.2, 0) is 4.74 Å². The number of hydrogen-bond acceptors (Lipinski definition) is 5. The number of ether oxygens (including phenoxy) is 2. The Morgan fingerprint density at radius 1 is 1.24 bits per heavy atom. The van der Waals surface area contributed by atoms with Crippen LogP contribution in [0.4, 0.5) is 29.3 Å². The highest BCUT2D eigenvalue weighted by molar-refractivity contribution is 5.98. The number of rotatable bonds is 3. The fraction of sp³-hybridized carbons (Fsp3) is 0.500. The third-order valence-electron chi connectivity index (χ3n) is 4.53. The number of fused-ring (bicyclic) bond motifs is 1. The molecule has 1 aliphatic heterocycles. The lowest BCUT2D eigenvalue weighted by Gasteiger charge is -2.34. The van der Waals surface area contributed by atoms with E-state index in [1.807, 2.05) is 0 Å². The molecule has 0 saturated carbocycles. The average Bonchev–Trinajstić information content (AvgIpc) is 2.61. The Hall–Kier alpha value is -2.71. The number of pyridine rings is 1. The molecule has 1 amide bonds. The minimum Gasteiger partial charge on any atom is -0.481 e. The number of methoxy groups -OCH3 is 1. The van der Waals surface area contributed by atoms with Crippen LogP contribution in [0.5, 0.6) is 5.88 Å². The smallest absolute Gasteiger partial charge is 0.412 e. The van der Waals surface area contributed by atoms with Crippen molar-refractivity contribution in [3.8, 4) is 5.88 Å². The second kappa shape index (κ2) is 7.61. The van der Waals surface area contributed by atoms with Crippen LogP contribution in [0.3, 0.4) is 0 Å². The summed E-state index contributed by atoms with van der Waals surface area (Å²) in [6, 6.07) is 4.71. The van der Waals surface area contributed by atoms with Gasteiger partial charge in [0, 0.05) is 37.4 Å². The van der Waals surface area contributed by atoms with Crippen LogP contribution in [0.2, 0.25) is 0 Å². The summed E-state index contributed by atoms with van der Waals surface area (Å²) in [4.78, 5) is 18.0. The Bertz CT molecular complexity index is 919. The van der Waals surface area contributed by atoms with E-state index < -0.39 is 23.4 Å². The van der Waals surface area contributed by atoms with Crippen LogP contribution in [0.25, 0.3) is 10.9 Å². The normalized spacial score (nSPS) is 16.6. The topological polar surface area (TPSA) is 63.7 Å². The van der Waals surface area contributed by atoms with Crippen molar-refractivity contribution in [1.82, 2.24) is 4.98 Å². The van der Waals surface area contributed by atoms with E-state index in [9.17, 15) is 13.6 Å². The average molecular weight is 411 g/mol. The van der Waals surface area contributed by atoms with Gasteiger partial charge in [-0.3, -0.25) is 5.32 Å². The first kappa shape index (κ1) is 21.0. The number of alkyl halides is 2. The number of hydrogen-bond donors (Lipinski definition) is 1. The van der Waals surface area contributed by atoms with Crippen LogP contribution in [0.1, 0.15) is 33.6 Å². The Kier molecular flexibility index (Phi) is 5.51. The summed E-state index contributed by atoms with van der Waals surface area (Å²) in [6.45, 7) is 5.01. The molecule has 158 valence electrons. The number of amides is 1. The van der Waals surface area contributed by atoms with Gasteiger partial charge >= 0.3 is 6.09 Å². The zero-order chi connectivity index (χ0) is 21.4. The van der Waals surface area contributed by atoms with Gasteiger partial charge in [0.05, 0.1) is 12.8 Å². The Morgan fingerprint density at radius 3 is 2.48 bits per heavy atom. The molecule has 0 aliphatic carbocycles. The van der Waals surface area contributed by atoms with Gasteiger partial charge < -0.3 is 14.4 Å². The van der Waals surface area contributed by atoms with E-state index >= 15 is 4.39 Å². The number of nitrogens with zero attached hydrogens (tertiary/aromatic N) is 2. The molecule has 0 atom stereocenters. The first-order valence-corrected chi connectivity index (χ1v) is 9.29. The van der Waals surface area contributed by atoms with Gasteiger partial charge in [0.25, 0.3) is 5.92 Å². The maximum Gasteiger partial charge on any atom is 0.412 e. The SMILES string of the molecule is COc1ccc2cc(NC(=O)OC(C)(C)C)c(F)c(N3CCC(F)(F)CC3)c2n1. The molecule has 2 aromatic rings. The molecule has 0 unspecified atom stereocenters. The van der Waals surface area contributed by atoms with Gasteiger partial charge in [0.15, 0.2) is 5.82 Å². The summed E-state index contributed by atoms with van der Waals surface area (Å²) in [5, 5.41) is 2.95. The van der Waals surface area contributed by atoms with Gasteiger partial charge in [-0.05, 0) is 32.9 Å². The summed E-state index contributed by atoms with van der Waals surface area (Å²) < 4.78 is 53.0. The van der Waals surface area contributed by atoms with Crippen molar-refractivity contribution in [1.29, 1.82) is 0 Å². The molecular formula is C20H24F3N3O3. The van der Waals surface area contributed by atoms with E-state index in [0.717, 1.165) is 0 Å². The Balaban J connectivity index is 2.05. The number of carbonyl (C=O) groups is 1. The fourth-order valence-electron chi connectivity index (χ4n) is 3.17. The van der Waals surface area contributed by atoms with Gasteiger partial charge in [0.1, 0.15) is 16.8 Å². The molecule has 0 bridgehead atoms. The van der Waals surface area contributed by atoms with E-state index in [-0.39, 0.29) is 48.7 Å². The molecule has 1 aromatic carbocycles. The molecule has 1 aliphatic rings. The molecule has 0 radical (unpaired) electrons. The predicted molar refractivity (Wildman–Crippen MR) is 105 cm³/mol. The molecule has 0 spiro atoms. The van der Waals surface area contributed by atoms with Crippen LogP contribution in [0.15, 0.2) is 18.2 Å². The highest BCUT2D eigenvalue weighted by atomic mass is 19.3. The molecule has 1 aromatic heterocycles. The molecule has 6 nitrogen and oxygen atoms in total.